The normalized spacial score (nSPS) is 13.1. The van der Waals surface area contributed by atoms with E-state index in [0.29, 0.717) is 17.5 Å². The molecule has 0 bridgehead atoms. The highest BCUT2D eigenvalue weighted by Crippen LogP contribution is 2.49. The second-order valence-corrected chi connectivity index (χ2v) is 16.0. The summed E-state index contributed by atoms with van der Waals surface area (Å²) in [6.07, 6.45) is 0. The molecule has 3 heterocycles. The van der Waals surface area contributed by atoms with Gasteiger partial charge in [-0.15, -0.1) is 0 Å². The summed E-state index contributed by atoms with van der Waals surface area (Å²) in [7, 11) is 0. The number of rotatable bonds is 5. The summed E-state index contributed by atoms with van der Waals surface area (Å²) in [6.45, 7) is 4.59. The fourth-order valence-corrected chi connectivity index (χ4v) is 9.19. The number of furan rings is 2. The molecule has 59 heavy (non-hydrogen) atoms. The van der Waals surface area contributed by atoms with E-state index in [0.717, 1.165) is 77.3 Å². The lowest BCUT2D eigenvalue weighted by molar-refractivity contribution is 0.660. The molecule has 0 unspecified atom stereocenters. The fraction of sp³-hybridized carbons (Fsp3) is 0.0556. The molecule has 5 nitrogen and oxygen atoms in total. The average Bonchev–Trinajstić information content (AvgIpc) is 3.93. The molecule has 1 aliphatic rings. The van der Waals surface area contributed by atoms with Crippen LogP contribution in [0.25, 0.3) is 111 Å². The lowest BCUT2D eigenvalue weighted by Gasteiger charge is -2.21. The van der Waals surface area contributed by atoms with Crippen LogP contribution in [0.4, 0.5) is 0 Å². The maximum absolute atomic E-state index is 6.50. The van der Waals surface area contributed by atoms with Crippen LogP contribution in [0.3, 0.4) is 0 Å². The van der Waals surface area contributed by atoms with Crippen molar-refractivity contribution < 1.29 is 8.83 Å². The molecular formula is C54H35N3O2. The Bertz CT molecular complexity index is 3480. The molecule has 0 aliphatic heterocycles. The molecule has 8 aromatic carbocycles. The molecule has 0 saturated carbocycles. The maximum atomic E-state index is 6.50. The molecule has 0 spiro atoms. The molecule has 12 rings (SSSR count). The first-order valence-corrected chi connectivity index (χ1v) is 20.0. The zero-order valence-corrected chi connectivity index (χ0v) is 32.4. The van der Waals surface area contributed by atoms with E-state index in [1.54, 1.807) is 0 Å². The van der Waals surface area contributed by atoms with Gasteiger partial charge in [-0.1, -0.05) is 141 Å². The van der Waals surface area contributed by atoms with Crippen LogP contribution in [0.2, 0.25) is 0 Å². The Balaban J connectivity index is 0.997. The molecule has 1 aliphatic carbocycles. The molecule has 0 fully saturated rings. The van der Waals surface area contributed by atoms with Gasteiger partial charge in [-0.25, -0.2) is 15.0 Å². The first-order chi connectivity index (χ1) is 29.0. The van der Waals surface area contributed by atoms with Crippen molar-refractivity contribution in [3.63, 3.8) is 0 Å². The van der Waals surface area contributed by atoms with Crippen LogP contribution in [-0.4, -0.2) is 15.0 Å². The van der Waals surface area contributed by atoms with Gasteiger partial charge in [0, 0.05) is 43.7 Å². The molecule has 0 radical (unpaired) electrons. The van der Waals surface area contributed by atoms with E-state index in [1.165, 1.54) is 27.8 Å². The third-order valence-corrected chi connectivity index (χ3v) is 12.2. The van der Waals surface area contributed by atoms with Crippen LogP contribution >= 0.6 is 0 Å². The third-order valence-electron chi connectivity index (χ3n) is 12.2. The first kappa shape index (κ1) is 33.5. The van der Waals surface area contributed by atoms with E-state index in [-0.39, 0.29) is 5.41 Å². The number of para-hydroxylation sites is 1. The molecule has 0 amide bonds. The second-order valence-electron chi connectivity index (χ2n) is 16.0. The Hall–Kier alpha value is -7.63. The van der Waals surface area contributed by atoms with Gasteiger partial charge in [-0.3, -0.25) is 0 Å². The van der Waals surface area contributed by atoms with E-state index in [1.807, 2.05) is 36.4 Å². The summed E-state index contributed by atoms with van der Waals surface area (Å²) in [5.74, 6) is 1.79. The van der Waals surface area contributed by atoms with Gasteiger partial charge in [-0.05, 0) is 93.0 Å². The summed E-state index contributed by atoms with van der Waals surface area (Å²) in [6, 6.07) is 61.4. The van der Waals surface area contributed by atoms with Crippen molar-refractivity contribution in [3.05, 3.63) is 187 Å². The first-order valence-electron chi connectivity index (χ1n) is 20.0. The highest BCUT2D eigenvalue weighted by atomic mass is 16.3. The summed E-state index contributed by atoms with van der Waals surface area (Å²) < 4.78 is 12.8. The molecular weight excluding hydrogens is 723 g/mol. The van der Waals surface area contributed by atoms with Crippen LogP contribution in [0.15, 0.2) is 185 Å². The van der Waals surface area contributed by atoms with Gasteiger partial charge in [0.1, 0.15) is 22.3 Å². The van der Waals surface area contributed by atoms with Crippen molar-refractivity contribution in [2.75, 3.05) is 0 Å². The minimum absolute atomic E-state index is 0.0993. The van der Waals surface area contributed by atoms with Gasteiger partial charge in [0.15, 0.2) is 17.5 Å². The van der Waals surface area contributed by atoms with Gasteiger partial charge in [0.25, 0.3) is 0 Å². The Kier molecular flexibility index (Phi) is 7.20. The van der Waals surface area contributed by atoms with Crippen molar-refractivity contribution in [3.8, 4) is 67.5 Å². The maximum Gasteiger partial charge on any atom is 0.164 e. The largest absolute Gasteiger partial charge is 0.456 e. The van der Waals surface area contributed by atoms with Gasteiger partial charge in [0.05, 0.1) is 0 Å². The minimum Gasteiger partial charge on any atom is -0.456 e. The van der Waals surface area contributed by atoms with Crippen molar-refractivity contribution in [2.24, 2.45) is 0 Å². The van der Waals surface area contributed by atoms with Crippen LogP contribution in [0.1, 0.15) is 25.0 Å². The van der Waals surface area contributed by atoms with Gasteiger partial charge in [0.2, 0.25) is 0 Å². The topological polar surface area (TPSA) is 65.0 Å². The van der Waals surface area contributed by atoms with Crippen molar-refractivity contribution in [1.82, 2.24) is 15.0 Å². The molecule has 5 heteroatoms. The smallest absolute Gasteiger partial charge is 0.164 e. The monoisotopic (exact) mass is 757 g/mol. The Morgan fingerprint density at radius 2 is 0.864 bits per heavy atom. The van der Waals surface area contributed by atoms with Crippen molar-refractivity contribution in [1.29, 1.82) is 0 Å². The fourth-order valence-electron chi connectivity index (χ4n) is 9.19. The van der Waals surface area contributed by atoms with Crippen LogP contribution in [0.5, 0.6) is 0 Å². The number of aromatic nitrogens is 3. The Morgan fingerprint density at radius 3 is 1.73 bits per heavy atom. The summed E-state index contributed by atoms with van der Waals surface area (Å²) in [5, 5.41) is 4.36. The van der Waals surface area contributed by atoms with Crippen LogP contribution < -0.4 is 0 Å². The summed E-state index contributed by atoms with van der Waals surface area (Å²) in [4.78, 5) is 15.5. The SMILES string of the molecule is CC1(C)c2ccccc2-c2cc(-c3nc(-c4cccc(-c5ccc6c(c5)oc5cccc(-c7ccccc7)c56)c4)nc(-c4ccc5c(c4)oc4ccccc45)n3)ccc21. The van der Waals surface area contributed by atoms with Crippen LogP contribution in [-0.2, 0) is 5.41 Å². The number of nitrogens with zero attached hydrogens (tertiary/aromatic N) is 3. The number of benzene rings is 8. The van der Waals surface area contributed by atoms with Crippen LogP contribution in [0, 0.1) is 0 Å². The third kappa shape index (κ3) is 5.28. The predicted octanol–water partition coefficient (Wildman–Crippen LogP) is 14.3. The predicted molar refractivity (Wildman–Crippen MR) is 239 cm³/mol. The van der Waals surface area contributed by atoms with E-state index in [4.69, 9.17) is 23.8 Å². The van der Waals surface area contributed by atoms with E-state index in [9.17, 15) is 0 Å². The van der Waals surface area contributed by atoms with Crippen molar-refractivity contribution >= 4 is 43.9 Å². The average molecular weight is 758 g/mol. The van der Waals surface area contributed by atoms with E-state index in [2.05, 4.69) is 153 Å². The molecule has 0 N–H and O–H groups in total. The number of hydrogen-bond donors (Lipinski definition) is 0. The highest BCUT2D eigenvalue weighted by molar-refractivity contribution is 6.13. The Labute approximate surface area is 340 Å². The zero-order chi connectivity index (χ0) is 39.2. The molecule has 278 valence electrons. The minimum atomic E-state index is -0.0993. The highest BCUT2D eigenvalue weighted by Gasteiger charge is 2.35. The summed E-state index contributed by atoms with van der Waals surface area (Å²) >= 11 is 0. The quantitative estimate of drug-likeness (QED) is 0.175. The van der Waals surface area contributed by atoms with Gasteiger partial charge >= 0.3 is 0 Å². The standard InChI is InChI=1S/C54H35N3O2/c1-54(2)44-19-8-6-16-39(44)43-29-36(24-27-45(43)54)52-55-51(56-53(57-52)37-23-25-41-40-17-7-9-20-46(40)58-48(41)31-37)35-15-10-14-33(28-35)34-22-26-42-49(30-34)59-47-21-11-18-38(50(42)47)32-12-4-3-5-13-32/h3-31H,1-2H3. The lowest BCUT2D eigenvalue weighted by Crippen LogP contribution is -2.14. The summed E-state index contributed by atoms with van der Waals surface area (Å²) in [5.41, 5.74) is 15.5. The molecule has 0 saturated heterocycles. The molecule has 3 aromatic heterocycles. The van der Waals surface area contributed by atoms with E-state index < -0.39 is 0 Å². The molecule has 0 atom stereocenters. The Morgan fingerprint density at radius 1 is 0.339 bits per heavy atom. The lowest BCUT2D eigenvalue weighted by atomic mass is 9.82. The van der Waals surface area contributed by atoms with E-state index >= 15 is 0 Å². The molecule has 11 aromatic rings. The van der Waals surface area contributed by atoms with Crippen molar-refractivity contribution in [2.45, 2.75) is 19.3 Å². The second kappa shape index (κ2) is 12.7. The zero-order valence-electron chi connectivity index (χ0n) is 32.4. The van der Waals surface area contributed by atoms with Gasteiger partial charge in [-0.2, -0.15) is 0 Å². The number of hydrogen-bond acceptors (Lipinski definition) is 5. The van der Waals surface area contributed by atoms with Gasteiger partial charge < -0.3 is 8.83 Å². The number of fused-ring (bicyclic) bond motifs is 9.